The molecule has 1 aromatic rings. The van der Waals surface area contributed by atoms with Crippen molar-refractivity contribution in [2.75, 3.05) is 77.6 Å². The highest BCUT2D eigenvalue weighted by molar-refractivity contribution is 5.79. The van der Waals surface area contributed by atoms with Crippen LogP contribution in [0.2, 0.25) is 0 Å². The first-order valence-electron chi connectivity index (χ1n) is 11.6. The maximum atomic E-state index is 13.9. The van der Waals surface area contributed by atoms with Gasteiger partial charge in [-0.3, -0.25) is 9.89 Å². The smallest absolute Gasteiger partial charge is 0.190 e. The molecule has 2 heterocycles. The summed E-state index contributed by atoms with van der Waals surface area (Å²) in [5, 5.41) is 6.72. The summed E-state index contributed by atoms with van der Waals surface area (Å²) in [5.41, 5.74) is 0.718. The van der Waals surface area contributed by atoms with Gasteiger partial charge in [0.25, 0.3) is 0 Å². The summed E-state index contributed by atoms with van der Waals surface area (Å²) in [7, 11) is 1.80. The third-order valence-corrected chi connectivity index (χ3v) is 5.82. The molecule has 0 radical (unpaired) electrons. The molecule has 2 aliphatic rings. The molecule has 2 fully saturated rings. The quantitative estimate of drug-likeness (QED) is 0.315. The lowest BCUT2D eigenvalue weighted by Crippen LogP contribution is -2.47. The van der Waals surface area contributed by atoms with Crippen LogP contribution in [0.1, 0.15) is 25.7 Å². The average Bonchev–Trinajstić information content (AvgIpc) is 3.32. The van der Waals surface area contributed by atoms with E-state index in [1.165, 1.54) is 6.07 Å². The van der Waals surface area contributed by atoms with Crippen molar-refractivity contribution in [2.45, 2.75) is 31.8 Å². The molecule has 1 unspecified atom stereocenters. The molecule has 1 atom stereocenters. The molecule has 0 aromatic heterocycles. The van der Waals surface area contributed by atoms with Crippen LogP contribution in [0.5, 0.6) is 0 Å². The number of para-hydroxylation sites is 1. The number of anilines is 1. The molecule has 0 bridgehead atoms. The highest BCUT2D eigenvalue weighted by atomic mass is 19.1. The van der Waals surface area contributed by atoms with E-state index in [0.717, 1.165) is 96.4 Å². The van der Waals surface area contributed by atoms with Gasteiger partial charge >= 0.3 is 0 Å². The first-order valence-corrected chi connectivity index (χ1v) is 11.6. The number of rotatable bonds is 11. The van der Waals surface area contributed by atoms with Crippen LogP contribution in [-0.2, 0) is 9.47 Å². The number of piperazine rings is 1. The van der Waals surface area contributed by atoms with Crippen molar-refractivity contribution in [2.24, 2.45) is 4.99 Å². The van der Waals surface area contributed by atoms with Gasteiger partial charge in [-0.1, -0.05) is 12.1 Å². The van der Waals surface area contributed by atoms with Gasteiger partial charge in [-0.15, -0.1) is 0 Å². The predicted molar refractivity (Wildman–Crippen MR) is 123 cm³/mol. The highest BCUT2D eigenvalue weighted by Gasteiger charge is 2.19. The van der Waals surface area contributed by atoms with Crippen LogP contribution in [-0.4, -0.2) is 89.6 Å². The van der Waals surface area contributed by atoms with Gasteiger partial charge in [0.1, 0.15) is 5.82 Å². The Labute approximate surface area is 186 Å². The third-order valence-electron chi connectivity index (χ3n) is 5.82. The minimum Gasteiger partial charge on any atom is -0.379 e. The van der Waals surface area contributed by atoms with Gasteiger partial charge in [-0.2, -0.15) is 0 Å². The molecule has 0 saturated carbocycles. The largest absolute Gasteiger partial charge is 0.379 e. The molecule has 2 saturated heterocycles. The Kier molecular flexibility index (Phi) is 10.3. The van der Waals surface area contributed by atoms with Crippen LogP contribution < -0.4 is 15.5 Å². The number of nitrogens with one attached hydrogen (secondary N) is 2. The van der Waals surface area contributed by atoms with Crippen LogP contribution in [0.3, 0.4) is 0 Å². The zero-order valence-electron chi connectivity index (χ0n) is 18.8. The molecule has 1 aromatic carbocycles. The summed E-state index contributed by atoms with van der Waals surface area (Å²) in [5.74, 6) is 0.705. The summed E-state index contributed by atoms with van der Waals surface area (Å²) < 4.78 is 25.2. The molecule has 0 spiro atoms. The van der Waals surface area contributed by atoms with Crippen LogP contribution in [0.25, 0.3) is 0 Å². The van der Waals surface area contributed by atoms with Gasteiger partial charge in [0, 0.05) is 59.5 Å². The first kappa shape index (κ1) is 23.8. The fourth-order valence-corrected chi connectivity index (χ4v) is 4.02. The van der Waals surface area contributed by atoms with E-state index in [9.17, 15) is 4.39 Å². The Bertz CT molecular complexity index is 661. The Morgan fingerprint density at radius 2 is 1.94 bits per heavy atom. The summed E-state index contributed by atoms with van der Waals surface area (Å²) in [4.78, 5) is 8.87. The van der Waals surface area contributed by atoms with E-state index in [4.69, 9.17) is 9.47 Å². The Morgan fingerprint density at radius 1 is 1.16 bits per heavy atom. The van der Waals surface area contributed by atoms with Crippen LogP contribution >= 0.6 is 0 Å². The molecule has 31 heavy (non-hydrogen) atoms. The van der Waals surface area contributed by atoms with Crippen molar-refractivity contribution >= 4 is 11.6 Å². The van der Waals surface area contributed by atoms with Crippen molar-refractivity contribution in [3.63, 3.8) is 0 Å². The summed E-state index contributed by atoms with van der Waals surface area (Å²) in [6.07, 6.45) is 4.56. The normalized spacial score (nSPS) is 20.3. The second-order valence-corrected chi connectivity index (χ2v) is 8.12. The molecule has 8 heteroatoms. The molecule has 2 N–H and O–H groups in total. The van der Waals surface area contributed by atoms with Crippen molar-refractivity contribution in [1.29, 1.82) is 0 Å². The maximum absolute atomic E-state index is 13.9. The number of hydrogen-bond acceptors (Lipinski definition) is 5. The number of aliphatic imine (C=N–C) groups is 1. The lowest BCUT2D eigenvalue weighted by molar-refractivity contribution is 0.0168. The Balaban J connectivity index is 1.19. The number of halogens is 1. The van der Waals surface area contributed by atoms with Crippen molar-refractivity contribution in [3.05, 3.63) is 30.1 Å². The van der Waals surface area contributed by atoms with Gasteiger partial charge in [0.05, 0.1) is 18.4 Å². The third kappa shape index (κ3) is 8.27. The summed E-state index contributed by atoms with van der Waals surface area (Å²) >= 11 is 0. The zero-order chi connectivity index (χ0) is 21.7. The van der Waals surface area contributed by atoms with E-state index >= 15 is 0 Å². The lowest BCUT2D eigenvalue weighted by Gasteiger charge is -2.36. The topological polar surface area (TPSA) is 61.4 Å². The Morgan fingerprint density at radius 3 is 2.65 bits per heavy atom. The van der Waals surface area contributed by atoms with E-state index in [2.05, 4.69) is 25.4 Å². The molecule has 174 valence electrons. The van der Waals surface area contributed by atoms with E-state index in [1.54, 1.807) is 13.1 Å². The average molecular weight is 436 g/mol. The number of nitrogens with zero attached hydrogens (tertiary/aromatic N) is 3. The second kappa shape index (κ2) is 13.5. The van der Waals surface area contributed by atoms with Crippen LogP contribution in [0.15, 0.2) is 29.3 Å². The van der Waals surface area contributed by atoms with Crippen molar-refractivity contribution < 1.29 is 13.9 Å². The molecule has 0 aliphatic carbocycles. The Hall–Kier alpha value is -1.90. The van der Waals surface area contributed by atoms with E-state index in [1.807, 2.05) is 12.1 Å². The number of hydrogen-bond donors (Lipinski definition) is 2. The zero-order valence-corrected chi connectivity index (χ0v) is 18.8. The maximum Gasteiger partial charge on any atom is 0.190 e. The molecule has 7 nitrogen and oxygen atoms in total. The van der Waals surface area contributed by atoms with Crippen LogP contribution in [0.4, 0.5) is 10.1 Å². The van der Waals surface area contributed by atoms with Crippen molar-refractivity contribution in [3.8, 4) is 0 Å². The lowest BCUT2D eigenvalue weighted by atomic mass is 10.2. The summed E-state index contributed by atoms with van der Waals surface area (Å²) in [6, 6.07) is 7.04. The number of ether oxygens (including phenoxy) is 2. The van der Waals surface area contributed by atoms with Gasteiger partial charge in [0.15, 0.2) is 5.96 Å². The van der Waals surface area contributed by atoms with Crippen LogP contribution in [0, 0.1) is 5.82 Å². The fraction of sp³-hybridized carbons (Fsp3) is 0.696. The van der Waals surface area contributed by atoms with E-state index in [0.29, 0.717) is 12.7 Å². The van der Waals surface area contributed by atoms with E-state index in [-0.39, 0.29) is 5.82 Å². The first-order chi connectivity index (χ1) is 15.3. The SMILES string of the molecule is CN=C(NCCCOCC1CCCO1)NCCCN1CCN(c2ccccc2F)CC1. The standard InChI is InChI=1S/C23H38FN5O2/c1-25-23(27-11-6-17-30-19-20-7-4-18-31-20)26-10-5-12-28-13-15-29(16-14-28)22-9-3-2-8-21(22)24/h2-3,8-9,20H,4-7,10-19H2,1H3,(H2,25,26,27). The second-order valence-electron chi connectivity index (χ2n) is 8.12. The van der Waals surface area contributed by atoms with Gasteiger partial charge in [-0.25, -0.2) is 4.39 Å². The minimum absolute atomic E-state index is 0.131. The van der Waals surface area contributed by atoms with E-state index < -0.39 is 0 Å². The molecule has 2 aliphatic heterocycles. The fourth-order valence-electron chi connectivity index (χ4n) is 4.02. The predicted octanol–water partition coefficient (Wildman–Crippen LogP) is 2.09. The highest BCUT2D eigenvalue weighted by Crippen LogP contribution is 2.20. The number of benzene rings is 1. The van der Waals surface area contributed by atoms with Gasteiger partial charge in [0.2, 0.25) is 0 Å². The summed E-state index contributed by atoms with van der Waals surface area (Å²) in [6.45, 7) is 8.74. The molecule has 3 rings (SSSR count). The van der Waals surface area contributed by atoms with Gasteiger partial charge < -0.3 is 25.0 Å². The molecule has 0 amide bonds. The monoisotopic (exact) mass is 435 g/mol. The molecular formula is C23H38FN5O2. The number of guanidine groups is 1. The minimum atomic E-state index is -0.131. The van der Waals surface area contributed by atoms with Crippen molar-refractivity contribution in [1.82, 2.24) is 15.5 Å². The van der Waals surface area contributed by atoms with Gasteiger partial charge in [-0.05, 0) is 44.4 Å². The molecular weight excluding hydrogens is 397 g/mol.